The fourth-order valence-corrected chi connectivity index (χ4v) is 1.40. The average molecular weight is 85.1 g/mol. The molecule has 0 unspecified atom stereocenters. The van der Waals surface area contributed by atoms with E-state index in [2.05, 4.69) is 5.32 Å². The van der Waals surface area contributed by atoms with E-state index >= 15 is 0 Å². The first-order valence-electron chi connectivity index (χ1n) is 2.68. The molecule has 0 atom stereocenters. The van der Waals surface area contributed by atoms with Crippen LogP contribution in [0.5, 0.6) is 0 Å². The standard InChI is InChI=1S/C5H9N.H2/c1-4-2-5(1)6-3-4;/h4-6H,1-3H2;1H. The van der Waals surface area contributed by atoms with E-state index in [1.807, 2.05) is 0 Å². The van der Waals surface area contributed by atoms with Crippen molar-refractivity contribution >= 4 is 0 Å². The summed E-state index contributed by atoms with van der Waals surface area (Å²) in [6.45, 7) is 1.31. The summed E-state index contributed by atoms with van der Waals surface area (Å²) >= 11 is 0. The fourth-order valence-electron chi connectivity index (χ4n) is 1.40. The van der Waals surface area contributed by atoms with E-state index in [1.54, 1.807) is 0 Å². The molecule has 6 heavy (non-hydrogen) atoms. The Bertz CT molecular complexity index is 55.0. The lowest BCUT2D eigenvalue weighted by atomic mass is 9.87. The second kappa shape index (κ2) is 0.784. The number of fused-ring (bicyclic) bond motifs is 1. The van der Waals surface area contributed by atoms with Crippen molar-refractivity contribution in [2.24, 2.45) is 5.92 Å². The monoisotopic (exact) mass is 85.1 g/mol. The second-order valence-corrected chi connectivity index (χ2v) is 2.44. The van der Waals surface area contributed by atoms with Gasteiger partial charge >= 0.3 is 0 Å². The fraction of sp³-hybridized carbons (Fsp3) is 1.00. The highest BCUT2D eigenvalue weighted by Gasteiger charge is 2.35. The maximum atomic E-state index is 3.39. The smallest absolute Gasteiger partial charge is 0.00734 e. The van der Waals surface area contributed by atoms with Gasteiger partial charge in [-0.3, -0.25) is 0 Å². The van der Waals surface area contributed by atoms with E-state index in [0.717, 1.165) is 12.0 Å². The normalized spacial score (nSPS) is 52.0. The van der Waals surface area contributed by atoms with Gasteiger partial charge in [0.05, 0.1) is 0 Å². The van der Waals surface area contributed by atoms with Crippen LogP contribution in [0.2, 0.25) is 0 Å². The van der Waals surface area contributed by atoms with Crippen molar-refractivity contribution in [3.8, 4) is 0 Å². The second-order valence-electron chi connectivity index (χ2n) is 2.44. The van der Waals surface area contributed by atoms with Gasteiger partial charge in [-0.25, -0.2) is 0 Å². The first-order chi connectivity index (χ1) is 2.95. The van der Waals surface area contributed by atoms with Crippen LogP contribution in [0.4, 0.5) is 0 Å². The number of hydrogen-bond acceptors (Lipinski definition) is 1. The van der Waals surface area contributed by atoms with Crippen molar-refractivity contribution in [2.75, 3.05) is 6.54 Å². The van der Waals surface area contributed by atoms with E-state index in [-0.39, 0.29) is 1.43 Å². The van der Waals surface area contributed by atoms with Crippen LogP contribution in [0, 0.1) is 5.92 Å². The molecule has 1 aliphatic carbocycles. The summed E-state index contributed by atoms with van der Waals surface area (Å²) < 4.78 is 0. The molecule has 3 aliphatic rings. The molecule has 0 radical (unpaired) electrons. The molecule has 1 saturated carbocycles. The third-order valence-corrected chi connectivity index (χ3v) is 1.93. The Morgan fingerprint density at radius 3 is 2.50 bits per heavy atom. The molecule has 0 amide bonds. The van der Waals surface area contributed by atoms with Crippen molar-refractivity contribution in [1.82, 2.24) is 5.32 Å². The Kier molecular flexibility index (Phi) is 0.396. The predicted molar refractivity (Wildman–Crippen MR) is 26.6 cm³/mol. The van der Waals surface area contributed by atoms with Crippen LogP contribution >= 0.6 is 0 Å². The summed E-state index contributed by atoms with van der Waals surface area (Å²) in [5.41, 5.74) is 0. The summed E-state index contributed by atoms with van der Waals surface area (Å²) in [7, 11) is 0. The van der Waals surface area contributed by atoms with Crippen molar-refractivity contribution in [1.29, 1.82) is 0 Å². The van der Waals surface area contributed by atoms with Crippen molar-refractivity contribution in [3.63, 3.8) is 0 Å². The van der Waals surface area contributed by atoms with Gasteiger partial charge in [-0.2, -0.15) is 0 Å². The first kappa shape index (κ1) is 3.03. The predicted octanol–water partition coefficient (Wildman–Crippen LogP) is 0.614. The van der Waals surface area contributed by atoms with Crippen LogP contribution in [-0.2, 0) is 0 Å². The van der Waals surface area contributed by atoms with Crippen LogP contribution in [0.1, 0.15) is 14.3 Å². The highest BCUT2D eigenvalue weighted by molar-refractivity contribution is 4.93. The summed E-state index contributed by atoms with van der Waals surface area (Å²) in [4.78, 5) is 0. The lowest BCUT2D eigenvalue weighted by molar-refractivity contribution is 0.372. The summed E-state index contributed by atoms with van der Waals surface area (Å²) in [5, 5.41) is 3.39. The zero-order valence-electron chi connectivity index (χ0n) is 3.78. The van der Waals surface area contributed by atoms with Crippen LogP contribution in [0.25, 0.3) is 0 Å². The van der Waals surface area contributed by atoms with Crippen LogP contribution in [-0.4, -0.2) is 12.6 Å². The molecule has 2 heterocycles. The molecule has 2 aliphatic heterocycles. The van der Waals surface area contributed by atoms with Crippen molar-refractivity contribution < 1.29 is 1.43 Å². The van der Waals surface area contributed by atoms with E-state index in [4.69, 9.17) is 0 Å². The highest BCUT2D eigenvalue weighted by Crippen LogP contribution is 2.32. The molecule has 0 aromatic rings. The van der Waals surface area contributed by atoms with Crippen molar-refractivity contribution in [2.45, 2.75) is 18.9 Å². The quantitative estimate of drug-likeness (QED) is 0.454. The molecule has 0 spiro atoms. The largest absolute Gasteiger partial charge is 0.314 e. The summed E-state index contributed by atoms with van der Waals surface area (Å²) in [6.07, 6.45) is 2.94. The van der Waals surface area contributed by atoms with Gasteiger partial charge in [-0.15, -0.1) is 0 Å². The summed E-state index contributed by atoms with van der Waals surface area (Å²) in [6, 6.07) is 0.940. The van der Waals surface area contributed by atoms with Crippen molar-refractivity contribution in [3.05, 3.63) is 0 Å². The molecule has 1 N–H and O–H groups in total. The van der Waals surface area contributed by atoms with Gasteiger partial charge in [0.15, 0.2) is 0 Å². The van der Waals surface area contributed by atoms with Gasteiger partial charge in [-0.05, 0) is 25.3 Å². The number of hydrogen-bond donors (Lipinski definition) is 1. The first-order valence-corrected chi connectivity index (χ1v) is 2.68. The number of nitrogens with one attached hydrogen (secondary N) is 1. The minimum absolute atomic E-state index is 0. The maximum absolute atomic E-state index is 3.39. The molecule has 1 heteroatoms. The minimum atomic E-state index is 0. The van der Waals surface area contributed by atoms with E-state index < -0.39 is 0 Å². The Balaban J connectivity index is 0.000000245. The molecule has 0 aromatic heterocycles. The lowest BCUT2D eigenvalue weighted by Crippen LogP contribution is -2.23. The molecular weight excluding hydrogens is 74.1 g/mol. The van der Waals surface area contributed by atoms with Crippen LogP contribution in [0.15, 0.2) is 0 Å². The van der Waals surface area contributed by atoms with E-state index in [9.17, 15) is 0 Å². The Labute approximate surface area is 39.2 Å². The molecule has 36 valence electrons. The Morgan fingerprint density at radius 1 is 1.50 bits per heavy atom. The van der Waals surface area contributed by atoms with Gasteiger partial charge in [-0.1, -0.05) is 0 Å². The topological polar surface area (TPSA) is 12.0 Å². The van der Waals surface area contributed by atoms with Crippen LogP contribution in [0.3, 0.4) is 0 Å². The van der Waals surface area contributed by atoms with Gasteiger partial charge in [0.25, 0.3) is 0 Å². The molecule has 0 aromatic carbocycles. The molecular formula is C5H11N. The average Bonchev–Trinajstić information content (AvgIpc) is 1.72. The van der Waals surface area contributed by atoms with Gasteiger partial charge in [0.2, 0.25) is 0 Å². The third-order valence-electron chi connectivity index (χ3n) is 1.93. The Hall–Kier alpha value is -0.0400. The van der Waals surface area contributed by atoms with Gasteiger partial charge < -0.3 is 5.32 Å². The zero-order chi connectivity index (χ0) is 3.98. The van der Waals surface area contributed by atoms with Gasteiger partial charge in [0.1, 0.15) is 0 Å². The van der Waals surface area contributed by atoms with E-state index in [0.29, 0.717) is 0 Å². The molecule has 1 nitrogen and oxygen atoms in total. The lowest BCUT2D eigenvalue weighted by Gasteiger charge is -2.19. The van der Waals surface area contributed by atoms with E-state index in [1.165, 1.54) is 19.4 Å². The molecule has 2 bridgehead atoms. The number of rotatable bonds is 0. The SMILES string of the molecule is C1NC2CC1C2.[HH]. The minimum Gasteiger partial charge on any atom is -0.314 e. The Morgan fingerprint density at radius 2 is 2.33 bits per heavy atom. The zero-order valence-corrected chi connectivity index (χ0v) is 3.78. The van der Waals surface area contributed by atoms with Gasteiger partial charge in [0, 0.05) is 7.47 Å². The molecule has 3 rings (SSSR count). The summed E-state index contributed by atoms with van der Waals surface area (Å²) in [5.74, 6) is 1.08. The molecule has 3 fully saturated rings. The maximum Gasteiger partial charge on any atom is 0.00734 e. The highest BCUT2D eigenvalue weighted by atomic mass is 15.0. The third kappa shape index (κ3) is 0.207. The molecule has 2 saturated heterocycles. The van der Waals surface area contributed by atoms with Crippen LogP contribution < -0.4 is 5.32 Å².